The van der Waals surface area contributed by atoms with E-state index in [1.54, 1.807) is 7.11 Å². The number of benzene rings is 1. The van der Waals surface area contributed by atoms with Gasteiger partial charge < -0.3 is 20.5 Å². The molecule has 1 amide bonds. The van der Waals surface area contributed by atoms with Crippen molar-refractivity contribution in [3.63, 3.8) is 0 Å². The maximum absolute atomic E-state index is 12.2. The van der Waals surface area contributed by atoms with Crippen LogP contribution in [0.25, 0.3) is 0 Å². The van der Waals surface area contributed by atoms with Crippen LogP contribution in [-0.4, -0.2) is 31.8 Å². The number of hydrogen-bond donors (Lipinski definition) is 2. The number of amides is 1. The average Bonchev–Trinajstić information content (AvgIpc) is 2.45. The topological polar surface area (TPSA) is 73.6 Å². The number of carbonyl (C=O) groups is 1. The second-order valence-corrected chi connectivity index (χ2v) is 4.76. The molecule has 1 saturated heterocycles. The number of ether oxygens (including phenoxy) is 2. The summed E-state index contributed by atoms with van der Waals surface area (Å²) in [6.45, 7) is 1.50. The zero-order valence-corrected chi connectivity index (χ0v) is 12.4. The van der Waals surface area contributed by atoms with Crippen LogP contribution in [0, 0.1) is 0 Å². The lowest BCUT2D eigenvalue weighted by Crippen LogP contribution is -2.56. The summed E-state index contributed by atoms with van der Waals surface area (Å²) >= 11 is 0. The third-order valence-electron chi connectivity index (χ3n) is 3.47. The molecule has 0 atom stereocenters. The van der Waals surface area contributed by atoms with Gasteiger partial charge in [-0.15, -0.1) is 12.4 Å². The van der Waals surface area contributed by atoms with Gasteiger partial charge in [0.05, 0.1) is 12.6 Å². The van der Waals surface area contributed by atoms with Crippen LogP contribution in [0.15, 0.2) is 24.3 Å². The number of nitrogens with one attached hydrogen (secondary N) is 1. The lowest BCUT2D eigenvalue weighted by atomic mass is 9.90. The number of hydrogen-bond acceptors (Lipinski definition) is 4. The first-order valence-corrected chi connectivity index (χ1v) is 6.42. The summed E-state index contributed by atoms with van der Waals surface area (Å²) in [4.78, 5) is 12.2. The molecule has 112 valence electrons. The largest absolute Gasteiger partial charge is 0.496 e. The molecule has 0 aliphatic carbocycles. The van der Waals surface area contributed by atoms with Gasteiger partial charge in [-0.1, -0.05) is 18.2 Å². The molecule has 3 N–H and O–H groups in total. The molecule has 6 heteroatoms. The lowest BCUT2D eigenvalue weighted by molar-refractivity contribution is -0.129. The Hall–Kier alpha value is -1.30. The predicted molar refractivity (Wildman–Crippen MR) is 79.1 cm³/mol. The molecule has 0 spiro atoms. The molecule has 1 aromatic carbocycles. The minimum absolute atomic E-state index is 0. The summed E-state index contributed by atoms with van der Waals surface area (Å²) in [6.07, 6.45) is 1.12. The molecule has 0 radical (unpaired) electrons. The van der Waals surface area contributed by atoms with Crippen LogP contribution in [0.2, 0.25) is 0 Å². The minimum Gasteiger partial charge on any atom is -0.496 e. The van der Waals surface area contributed by atoms with Gasteiger partial charge in [0.1, 0.15) is 5.75 Å². The first-order valence-electron chi connectivity index (χ1n) is 6.42. The van der Waals surface area contributed by atoms with E-state index in [1.807, 2.05) is 24.3 Å². The van der Waals surface area contributed by atoms with E-state index in [2.05, 4.69) is 5.32 Å². The van der Waals surface area contributed by atoms with Crippen molar-refractivity contribution in [3.8, 4) is 5.75 Å². The molecule has 0 aromatic heterocycles. The molecule has 20 heavy (non-hydrogen) atoms. The molecular weight excluding hydrogens is 280 g/mol. The van der Waals surface area contributed by atoms with E-state index in [0.717, 1.165) is 11.3 Å². The number of nitrogens with two attached hydrogens (primary N) is 1. The van der Waals surface area contributed by atoms with Gasteiger partial charge in [-0.2, -0.15) is 0 Å². The molecule has 1 aliphatic rings. The molecule has 0 unspecified atom stereocenters. The quantitative estimate of drug-likeness (QED) is 0.877. The third-order valence-corrected chi connectivity index (χ3v) is 3.47. The van der Waals surface area contributed by atoms with E-state index in [4.69, 9.17) is 15.2 Å². The van der Waals surface area contributed by atoms with Crippen LogP contribution in [0.1, 0.15) is 18.4 Å². The molecule has 1 fully saturated rings. The van der Waals surface area contributed by atoms with Gasteiger partial charge >= 0.3 is 0 Å². The van der Waals surface area contributed by atoms with Crippen LogP contribution in [0.3, 0.4) is 0 Å². The minimum atomic E-state index is -0.805. The third kappa shape index (κ3) is 3.85. The Bertz CT molecular complexity index is 448. The Kier molecular flexibility index (Phi) is 6.26. The van der Waals surface area contributed by atoms with Crippen molar-refractivity contribution < 1.29 is 14.3 Å². The number of rotatable bonds is 4. The first-order chi connectivity index (χ1) is 9.15. The molecule has 2 rings (SSSR count). The average molecular weight is 301 g/mol. The fourth-order valence-electron chi connectivity index (χ4n) is 2.16. The molecule has 1 aliphatic heterocycles. The Morgan fingerprint density at radius 2 is 2.05 bits per heavy atom. The first kappa shape index (κ1) is 16.8. The summed E-state index contributed by atoms with van der Waals surface area (Å²) in [7, 11) is 1.61. The SMILES string of the molecule is COc1ccccc1CNC(=O)C1(N)CCOCC1.Cl. The zero-order valence-electron chi connectivity index (χ0n) is 11.6. The maximum atomic E-state index is 12.2. The van der Waals surface area contributed by atoms with Crippen LogP contribution in [0.4, 0.5) is 0 Å². The summed E-state index contributed by atoms with van der Waals surface area (Å²) in [6, 6.07) is 7.60. The fraction of sp³-hybridized carbons (Fsp3) is 0.500. The highest BCUT2D eigenvalue weighted by Crippen LogP contribution is 2.20. The van der Waals surface area contributed by atoms with Crippen molar-refractivity contribution in [1.29, 1.82) is 0 Å². The smallest absolute Gasteiger partial charge is 0.240 e. The second kappa shape index (κ2) is 7.47. The Morgan fingerprint density at radius 3 is 2.70 bits per heavy atom. The highest BCUT2D eigenvalue weighted by Gasteiger charge is 2.35. The van der Waals surface area contributed by atoms with Crippen molar-refractivity contribution in [2.24, 2.45) is 5.73 Å². The second-order valence-electron chi connectivity index (χ2n) is 4.76. The van der Waals surface area contributed by atoms with Crippen LogP contribution in [-0.2, 0) is 16.1 Å². The fourth-order valence-corrected chi connectivity index (χ4v) is 2.16. The number of methoxy groups -OCH3 is 1. The summed E-state index contributed by atoms with van der Waals surface area (Å²) < 4.78 is 10.5. The Balaban J connectivity index is 0.00000200. The van der Waals surface area contributed by atoms with Gasteiger partial charge in [0.2, 0.25) is 5.91 Å². The van der Waals surface area contributed by atoms with E-state index in [9.17, 15) is 4.79 Å². The number of carbonyl (C=O) groups excluding carboxylic acids is 1. The zero-order chi connectivity index (χ0) is 13.7. The van der Waals surface area contributed by atoms with Crippen molar-refractivity contribution in [2.45, 2.75) is 24.9 Å². The van der Waals surface area contributed by atoms with Gasteiger partial charge in [0.15, 0.2) is 0 Å². The molecule has 5 nitrogen and oxygen atoms in total. The van der Waals surface area contributed by atoms with Crippen LogP contribution >= 0.6 is 12.4 Å². The maximum Gasteiger partial charge on any atom is 0.240 e. The van der Waals surface area contributed by atoms with Crippen molar-refractivity contribution >= 4 is 18.3 Å². The van der Waals surface area contributed by atoms with Gasteiger partial charge in [-0.25, -0.2) is 0 Å². The number of halogens is 1. The summed E-state index contributed by atoms with van der Waals surface area (Å²) in [5, 5.41) is 2.88. The van der Waals surface area contributed by atoms with Gasteiger partial charge in [0.25, 0.3) is 0 Å². The predicted octanol–water partition coefficient (Wildman–Crippen LogP) is 1.24. The highest BCUT2D eigenvalue weighted by molar-refractivity contribution is 5.86. The molecule has 0 bridgehead atoms. The van der Waals surface area contributed by atoms with E-state index >= 15 is 0 Å². The summed E-state index contributed by atoms with van der Waals surface area (Å²) in [5.41, 5.74) is 6.25. The van der Waals surface area contributed by atoms with Gasteiger partial charge in [-0.05, 0) is 18.9 Å². The summed E-state index contributed by atoms with van der Waals surface area (Å²) in [5.74, 6) is 0.641. The Morgan fingerprint density at radius 1 is 1.40 bits per heavy atom. The standard InChI is InChI=1S/C14H20N2O3.ClH/c1-18-12-5-3-2-4-11(12)10-16-13(17)14(15)6-8-19-9-7-14;/h2-5H,6-10,15H2,1H3,(H,16,17);1H. The van der Waals surface area contributed by atoms with Gasteiger partial charge in [0, 0.05) is 25.3 Å². The molecular formula is C14H21ClN2O3. The van der Waals surface area contributed by atoms with E-state index < -0.39 is 5.54 Å². The molecule has 1 aromatic rings. The number of para-hydroxylation sites is 1. The van der Waals surface area contributed by atoms with Crippen molar-refractivity contribution in [1.82, 2.24) is 5.32 Å². The van der Waals surface area contributed by atoms with Crippen LogP contribution < -0.4 is 15.8 Å². The van der Waals surface area contributed by atoms with Crippen LogP contribution in [0.5, 0.6) is 5.75 Å². The monoisotopic (exact) mass is 300 g/mol. The van der Waals surface area contributed by atoms with Gasteiger partial charge in [-0.3, -0.25) is 4.79 Å². The molecule has 0 saturated carbocycles. The van der Waals surface area contributed by atoms with E-state index in [1.165, 1.54) is 0 Å². The normalized spacial score (nSPS) is 16.9. The van der Waals surface area contributed by atoms with E-state index in [-0.39, 0.29) is 18.3 Å². The van der Waals surface area contributed by atoms with Crippen molar-refractivity contribution in [3.05, 3.63) is 29.8 Å². The highest BCUT2D eigenvalue weighted by atomic mass is 35.5. The Labute approximate surface area is 125 Å². The van der Waals surface area contributed by atoms with Crippen molar-refractivity contribution in [2.75, 3.05) is 20.3 Å². The lowest BCUT2D eigenvalue weighted by Gasteiger charge is -2.31. The molecule has 1 heterocycles. The van der Waals surface area contributed by atoms with E-state index in [0.29, 0.717) is 32.6 Å².